The van der Waals surface area contributed by atoms with Gasteiger partial charge in [-0.3, -0.25) is 9.59 Å². The van der Waals surface area contributed by atoms with Gasteiger partial charge in [-0.15, -0.1) is 21.5 Å². The van der Waals surface area contributed by atoms with E-state index in [0.717, 1.165) is 35.5 Å². The molecule has 2 amide bonds. The zero-order chi connectivity index (χ0) is 25.1. The molecule has 1 aliphatic rings. The summed E-state index contributed by atoms with van der Waals surface area (Å²) < 4.78 is 1.89. The van der Waals surface area contributed by atoms with Crippen molar-refractivity contribution in [2.45, 2.75) is 31.0 Å². The van der Waals surface area contributed by atoms with E-state index in [4.69, 9.17) is 0 Å². The molecule has 2 aromatic heterocycles. The first-order valence-electron chi connectivity index (χ1n) is 11.7. The molecule has 36 heavy (non-hydrogen) atoms. The second-order valence-corrected chi connectivity index (χ2v) is 10.5. The second kappa shape index (κ2) is 10.6. The summed E-state index contributed by atoms with van der Waals surface area (Å²) >= 11 is 2.71. The van der Waals surface area contributed by atoms with Crippen molar-refractivity contribution in [2.75, 3.05) is 17.6 Å². The summed E-state index contributed by atoms with van der Waals surface area (Å²) in [6.45, 7) is 2.69. The van der Waals surface area contributed by atoms with Gasteiger partial charge in [0.1, 0.15) is 0 Å². The van der Waals surface area contributed by atoms with E-state index in [-0.39, 0.29) is 23.6 Å². The maximum absolute atomic E-state index is 13.1. The van der Waals surface area contributed by atoms with Crippen molar-refractivity contribution >= 4 is 40.0 Å². The number of anilines is 1. The highest BCUT2D eigenvalue weighted by atomic mass is 32.2. The van der Waals surface area contributed by atoms with E-state index >= 15 is 0 Å². The van der Waals surface area contributed by atoms with Crippen LogP contribution in [0.3, 0.4) is 0 Å². The maximum atomic E-state index is 13.1. The molecular weight excluding hydrogens is 492 g/mol. The molecule has 0 saturated carbocycles. The summed E-state index contributed by atoms with van der Waals surface area (Å²) in [7, 11) is 1.88. The third-order valence-electron chi connectivity index (χ3n) is 6.13. The molecule has 184 valence electrons. The van der Waals surface area contributed by atoms with Crippen LogP contribution in [0.1, 0.15) is 40.6 Å². The number of carbonyl (C=O) groups excluding carboxylic acids is 2. The first-order chi connectivity index (χ1) is 17.5. The summed E-state index contributed by atoms with van der Waals surface area (Å²) in [5, 5.41) is 14.7. The summed E-state index contributed by atoms with van der Waals surface area (Å²) in [5.41, 5.74) is 3.65. The molecule has 1 N–H and O–H groups in total. The standard InChI is InChI=1S/C26H26N6O2S2/c1-17-10-12-19(13-11-17)24(34)32-14-6-9-21(32)23-29-30-26(31(23)2)36-16-22(33)28-25-27-20(15-35-25)18-7-4-3-5-8-18/h3-5,7-8,10-13,15,21H,6,9,14,16H2,1-2H3,(H,27,28,33). The van der Waals surface area contributed by atoms with Crippen molar-refractivity contribution in [3.8, 4) is 11.3 Å². The minimum atomic E-state index is -0.157. The van der Waals surface area contributed by atoms with E-state index in [9.17, 15) is 9.59 Å². The van der Waals surface area contributed by atoms with Crippen molar-refractivity contribution in [3.63, 3.8) is 0 Å². The minimum absolute atomic E-state index is 0.00685. The third kappa shape index (κ3) is 5.19. The lowest BCUT2D eigenvalue weighted by Crippen LogP contribution is -2.31. The zero-order valence-corrected chi connectivity index (χ0v) is 21.7. The lowest BCUT2D eigenvalue weighted by molar-refractivity contribution is -0.113. The van der Waals surface area contributed by atoms with Gasteiger partial charge in [-0.05, 0) is 31.9 Å². The Kier molecular flexibility index (Phi) is 7.15. The highest BCUT2D eigenvalue weighted by Gasteiger charge is 2.34. The summed E-state index contributed by atoms with van der Waals surface area (Å²) in [6.07, 6.45) is 1.75. The fraction of sp³-hybridized carbons (Fsp3) is 0.269. The lowest BCUT2D eigenvalue weighted by atomic mass is 10.1. The zero-order valence-electron chi connectivity index (χ0n) is 20.0. The molecule has 1 unspecified atom stereocenters. The molecule has 1 saturated heterocycles. The maximum Gasteiger partial charge on any atom is 0.254 e. The highest BCUT2D eigenvalue weighted by molar-refractivity contribution is 7.99. The molecule has 10 heteroatoms. The predicted octanol–water partition coefficient (Wildman–Crippen LogP) is 4.96. The quantitative estimate of drug-likeness (QED) is 0.348. The first-order valence-corrected chi connectivity index (χ1v) is 13.6. The number of nitrogens with one attached hydrogen (secondary N) is 1. The molecule has 5 rings (SSSR count). The molecule has 1 atom stereocenters. The SMILES string of the molecule is Cc1ccc(C(=O)N2CCCC2c2nnc(SCC(=O)Nc3nc(-c4ccccc4)cs3)n2C)cc1. The molecular formula is C26H26N6O2S2. The normalized spacial score (nSPS) is 15.3. The van der Waals surface area contributed by atoms with Crippen LogP contribution < -0.4 is 5.32 Å². The number of carbonyl (C=O) groups is 2. The number of rotatable bonds is 7. The fourth-order valence-electron chi connectivity index (χ4n) is 4.24. The van der Waals surface area contributed by atoms with Crippen molar-refractivity contribution in [3.05, 3.63) is 76.9 Å². The van der Waals surface area contributed by atoms with Gasteiger partial charge in [0.2, 0.25) is 5.91 Å². The van der Waals surface area contributed by atoms with Crippen LogP contribution in [0, 0.1) is 6.92 Å². The van der Waals surface area contributed by atoms with E-state index in [1.165, 1.54) is 23.1 Å². The number of aromatic nitrogens is 4. The Balaban J connectivity index is 1.21. The highest BCUT2D eigenvalue weighted by Crippen LogP contribution is 2.33. The number of nitrogens with zero attached hydrogens (tertiary/aromatic N) is 5. The van der Waals surface area contributed by atoms with E-state index in [1.54, 1.807) is 0 Å². The van der Waals surface area contributed by atoms with Crippen LogP contribution in [0.5, 0.6) is 0 Å². The smallest absolute Gasteiger partial charge is 0.254 e. The Bertz CT molecular complexity index is 1370. The van der Waals surface area contributed by atoms with Gasteiger partial charge >= 0.3 is 0 Å². The van der Waals surface area contributed by atoms with Crippen LogP contribution in [-0.2, 0) is 11.8 Å². The second-order valence-electron chi connectivity index (χ2n) is 8.66. The molecule has 8 nitrogen and oxygen atoms in total. The van der Waals surface area contributed by atoms with Gasteiger partial charge in [-0.25, -0.2) is 4.98 Å². The average molecular weight is 519 g/mol. The number of aryl methyl sites for hydroxylation is 1. The molecule has 3 heterocycles. The van der Waals surface area contributed by atoms with Crippen LogP contribution in [0.25, 0.3) is 11.3 Å². The van der Waals surface area contributed by atoms with Crippen molar-refractivity contribution in [2.24, 2.45) is 7.05 Å². The van der Waals surface area contributed by atoms with E-state index in [1.807, 2.05) is 83.4 Å². The number of amides is 2. The van der Waals surface area contributed by atoms with Crippen LogP contribution in [0.2, 0.25) is 0 Å². The Morgan fingerprint density at radius 2 is 1.89 bits per heavy atom. The van der Waals surface area contributed by atoms with Crippen LogP contribution >= 0.6 is 23.1 Å². The number of benzene rings is 2. The Labute approximate surface area is 217 Å². The summed E-state index contributed by atoms with van der Waals surface area (Å²) in [6, 6.07) is 17.4. The van der Waals surface area contributed by atoms with Crippen LogP contribution in [0.15, 0.2) is 65.1 Å². The summed E-state index contributed by atoms with van der Waals surface area (Å²) in [4.78, 5) is 32.1. The molecule has 0 bridgehead atoms. The van der Waals surface area contributed by atoms with Gasteiger partial charge in [0.15, 0.2) is 16.1 Å². The molecule has 1 fully saturated rings. The van der Waals surface area contributed by atoms with Crippen molar-refractivity contribution < 1.29 is 9.59 Å². The molecule has 0 spiro atoms. The predicted molar refractivity (Wildman–Crippen MR) is 142 cm³/mol. The fourth-order valence-corrected chi connectivity index (χ4v) is 5.69. The molecule has 0 aliphatic carbocycles. The van der Waals surface area contributed by atoms with Crippen LogP contribution in [0.4, 0.5) is 5.13 Å². The average Bonchev–Trinajstić information content (AvgIpc) is 3.63. The van der Waals surface area contributed by atoms with Gasteiger partial charge in [0.25, 0.3) is 5.91 Å². The van der Waals surface area contributed by atoms with Gasteiger partial charge in [0, 0.05) is 30.1 Å². The van der Waals surface area contributed by atoms with Gasteiger partial charge in [-0.1, -0.05) is 59.8 Å². The monoisotopic (exact) mass is 518 g/mol. The summed E-state index contributed by atoms with van der Waals surface area (Å²) in [5.74, 6) is 0.773. The van der Waals surface area contributed by atoms with Gasteiger partial charge in [-0.2, -0.15) is 0 Å². The Morgan fingerprint density at radius 1 is 1.11 bits per heavy atom. The van der Waals surface area contributed by atoms with E-state index in [2.05, 4.69) is 20.5 Å². The first kappa shape index (κ1) is 24.2. The van der Waals surface area contributed by atoms with E-state index in [0.29, 0.717) is 22.4 Å². The van der Waals surface area contributed by atoms with Crippen molar-refractivity contribution in [1.82, 2.24) is 24.6 Å². The number of hydrogen-bond acceptors (Lipinski definition) is 7. The number of hydrogen-bond donors (Lipinski definition) is 1. The number of thiazole rings is 1. The van der Waals surface area contributed by atoms with Crippen LogP contribution in [-0.4, -0.2) is 48.8 Å². The molecule has 1 aliphatic heterocycles. The Morgan fingerprint density at radius 3 is 2.67 bits per heavy atom. The van der Waals surface area contributed by atoms with Gasteiger partial charge in [0.05, 0.1) is 17.5 Å². The molecule has 0 radical (unpaired) electrons. The molecule has 4 aromatic rings. The van der Waals surface area contributed by atoms with E-state index < -0.39 is 0 Å². The Hall–Kier alpha value is -3.50. The largest absolute Gasteiger partial charge is 0.328 e. The topological polar surface area (TPSA) is 93.0 Å². The lowest BCUT2D eigenvalue weighted by Gasteiger charge is -2.24. The number of likely N-dealkylation sites (tertiary alicyclic amines) is 1. The third-order valence-corrected chi connectivity index (χ3v) is 7.91. The molecule has 2 aromatic carbocycles. The van der Waals surface area contributed by atoms with Crippen molar-refractivity contribution in [1.29, 1.82) is 0 Å². The minimum Gasteiger partial charge on any atom is -0.328 e. The number of thioether (sulfide) groups is 1. The van der Waals surface area contributed by atoms with Gasteiger partial charge < -0.3 is 14.8 Å².